The van der Waals surface area contributed by atoms with Gasteiger partial charge in [0, 0.05) is 25.1 Å². The smallest absolute Gasteiger partial charge is 0.263 e. The number of primary amides is 1. The topological polar surface area (TPSA) is 72.6 Å². The summed E-state index contributed by atoms with van der Waals surface area (Å²) in [4.78, 5) is 25.0. The van der Waals surface area contributed by atoms with Gasteiger partial charge in [0.1, 0.15) is 11.6 Å². The molecule has 1 atom stereocenters. The average Bonchev–Trinajstić information content (AvgIpc) is 2.46. The summed E-state index contributed by atoms with van der Waals surface area (Å²) in [6.45, 7) is 2.61. The minimum atomic E-state index is -0.697. The van der Waals surface area contributed by atoms with Gasteiger partial charge in [0.15, 0.2) is 6.10 Å². The molecule has 114 valence electrons. The van der Waals surface area contributed by atoms with Crippen molar-refractivity contribution in [1.82, 2.24) is 4.90 Å². The molecule has 6 heteroatoms. The van der Waals surface area contributed by atoms with Gasteiger partial charge in [-0.3, -0.25) is 9.59 Å². The van der Waals surface area contributed by atoms with E-state index in [0.29, 0.717) is 31.7 Å². The molecule has 0 saturated carbocycles. The van der Waals surface area contributed by atoms with E-state index in [1.54, 1.807) is 17.9 Å². The van der Waals surface area contributed by atoms with Crippen molar-refractivity contribution >= 4 is 11.8 Å². The van der Waals surface area contributed by atoms with Gasteiger partial charge in [-0.2, -0.15) is 0 Å². The fourth-order valence-electron chi connectivity index (χ4n) is 2.44. The molecule has 0 bridgehead atoms. The Balaban J connectivity index is 1.90. The maximum atomic E-state index is 13.1. The lowest BCUT2D eigenvalue weighted by Crippen LogP contribution is -2.46. The summed E-state index contributed by atoms with van der Waals surface area (Å²) in [5.74, 6) is -0.723. The number of halogens is 1. The molecule has 1 unspecified atom stereocenters. The van der Waals surface area contributed by atoms with Gasteiger partial charge in [-0.15, -0.1) is 0 Å². The standard InChI is InChI=1S/C15H19FN2O3/c1-10(21-13-4-2-3-12(16)9-13)15(20)18-7-5-11(6-8-18)14(17)19/h2-4,9-11H,5-8H2,1H3,(H2,17,19). The van der Waals surface area contributed by atoms with Crippen molar-refractivity contribution in [1.29, 1.82) is 0 Å². The molecule has 1 aromatic carbocycles. The number of carbonyl (C=O) groups is 2. The van der Waals surface area contributed by atoms with E-state index in [-0.39, 0.29) is 17.7 Å². The minimum absolute atomic E-state index is 0.159. The first-order valence-corrected chi connectivity index (χ1v) is 6.97. The van der Waals surface area contributed by atoms with Gasteiger partial charge in [0.05, 0.1) is 0 Å². The Labute approximate surface area is 122 Å². The molecular weight excluding hydrogens is 275 g/mol. The van der Waals surface area contributed by atoms with Crippen LogP contribution in [0.25, 0.3) is 0 Å². The second-order valence-corrected chi connectivity index (χ2v) is 5.22. The highest BCUT2D eigenvalue weighted by Crippen LogP contribution is 2.19. The summed E-state index contributed by atoms with van der Waals surface area (Å²) in [5, 5.41) is 0. The Morgan fingerprint density at radius 1 is 1.38 bits per heavy atom. The molecule has 0 spiro atoms. The molecule has 2 amide bonds. The highest BCUT2D eigenvalue weighted by molar-refractivity contribution is 5.82. The Hall–Kier alpha value is -2.11. The van der Waals surface area contributed by atoms with Crippen LogP contribution in [0, 0.1) is 11.7 Å². The zero-order valence-corrected chi connectivity index (χ0v) is 11.9. The largest absolute Gasteiger partial charge is 0.481 e. The molecule has 0 aromatic heterocycles. The Bertz CT molecular complexity index is 527. The summed E-state index contributed by atoms with van der Waals surface area (Å²) in [6, 6.07) is 5.68. The Morgan fingerprint density at radius 3 is 2.62 bits per heavy atom. The van der Waals surface area contributed by atoms with Crippen LogP contribution in [0.1, 0.15) is 19.8 Å². The lowest BCUT2D eigenvalue weighted by molar-refractivity contribution is -0.140. The van der Waals surface area contributed by atoms with Gasteiger partial charge in [-0.1, -0.05) is 6.07 Å². The second kappa shape index (κ2) is 6.56. The third-order valence-corrected chi connectivity index (χ3v) is 3.67. The van der Waals surface area contributed by atoms with Crippen molar-refractivity contribution < 1.29 is 18.7 Å². The van der Waals surface area contributed by atoms with E-state index in [1.807, 2.05) is 0 Å². The summed E-state index contributed by atoms with van der Waals surface area (Å²) in [5.41, 5.74) is 5.26. The van der Waals surface area contributed by atoms with E-state index >= 15 is 0 Å². The lowest BCUT2D eigenvalue weighted by Gasteiger charge is -2.32. The number of nitrogens with zero attached hydrogens (tertiary/aromatic N) is 1. The first kappa shape index (κ1) is 15.3. The number of piperidine rings is 1. The normalized spacial score (nSPS) is 17.3. The fourth-order valence-corrected chi connectivity index (χ4v) is 2.44. The Kier molecular flexibility index (Phi) is 4.77. The minimum Gasteiger partial charge on any atom is -0.481 e. The third kappa shape index (κ3) is 3.93. The van der Waals surface area contributed by atoms with Crippen LogP contribution in [0.15, 0.2) is 24.3 Å². The first-order chi connectivity index (χ1) is 9.97. The third-order valence-electron chi connectivity index (χ3n) is 3.67. The van der Waals surface area contributed by atoms with E-state index in [0.717, 1.165) is 0 Å². The maximum absolute atomic E-state index is 13.1. The number of hydrogen-bond donors (Lipinski definition) is 1. The molecule has 2 N–H and O–H groups in total. The molecule has 5 nitrogen and oxygen atoms in total. The van der Waals surface area contributed by atoms with E-state index in [1.165, 1.54) is 18.2 Å². The summed E-state index contributed by atoms with van der Waals surface area (Å²) >= 11 is 0. The molecule has 1 aliphatic rings. The SMILES string of the molecule is CC(Oc1cccc(F)c1)C(=O)N1CCC(C(N)=O)CC1. The summed E-state index contributed by atoms with van der Waals surface area (Å²) in [6.07, 6.45) is 0.457. The highest BCUT2D eigenvalue weighted by Gasteiger charge is 2.29. The van der Waals surface area contributed by atoms with Gasteiger partial charge in [-0.05, 0) is 31.9 Å². The second-order valence-electron chi connectivity index (χ2n) is 5.22. The van der Waals surface area contributed by atoms with Crippen molar-refractivity contribution in [3.8, 4) is 5.75 Å². The van der Waals surface area contributed by atoms with Gasteiger partial charge in [-0.25, -0.2) is 4.39 Å². The van der Waals surface area contributed by atoms with Crippen LogP contribution in [0.4, 0.5) is 4.39 Å². The van der Waals surface area contributed by atoms with Crippen LogP contribution in [0.2, 0.25) is 0 Å². The monoisotopic (exact) mass is 294 g/mol. The van der Waals surface area contributed by atoms with Crippen molar-refractivity contribution in [2.45, 2.75) is 25.9 Å². The molecule has 1 aliphatic heterocycles. The molecule has 2 rings (SSSR count). The molecule has 1 heterocycles. The fraction of sp³-hybridized carbons (Fsp3) is 0.467. The quantitative estimate of drug-likeness (QED) is 0.910. The van der Waals surface area contributed by atoms with Crippen molar-refractivity contribution in [3.63, 3.8) is 0 Å². The van der Waals surface area contributed by atoms with Crippen molar-refractivity contribution in [2.24, 2.45) is 11.7 Å². The average molecular weight is 294 g/mol. The predicted molar refractivity (Wildman–Crippen MR) is 75.0 cm³/mol. The molecule has 1 fully saturated rings. The van der Waals surface area contributed by atoms with E-state index < -0.39 is 11.9 Å². The van der Waals surface area contributed by atoms with Gasteiger partial charge < -0.3 is 15.4 Å². The predicted octanol–water partition coefficient (Wildman–Crippen LogP) is 1.32. The van der Waals surface area contributed by atoms with E-state index in [2.05, 4.69) is 0 Å². The number of amides is 2. The Morgan fingerprint density at radius 2 is 2.05 bits per heavy atom. The van der Waals surface area contributed by atoms with Crippen LogP contribution in [-0.4, -0.2) is 35.9 Å². The first-order valence-electron chi connectivity index (χ1n) is 6.97. The van der Waals surface area contributed by atoms with Crippen molar-refractivity contribution in [3.05, 3.63) is 30.1 Å². The van der Waals surface area contributed by atoms with Gasteiger partial charge in [0.2, 0.25) is 5.91 Å². The number of likely N-dealkylation sites (tertiary alicyclic amines) is 1. The molecular formula is C15H19FN2O3. The number of nitrogens with two attached hydrogens (primary N) is 1. The number of benzene rings is 1. The van der Waals surface area contributed by atoms with Crippen LogP contribution < -0.4 is 10.5 Å². The number of rotatable bonds is 4. The van der Waals surface area contributed by atoms with Crippen molar-refractivity contribution in [2.75, 3.05) is 13.1 Å². The summed E-state index contributed by atoms with van der Waals surface area (Å²) in [7, 11) is 0. The molecule has 1 saturated heterocycles. The van der Waals surface area contributed by atoms with Crippen LogP contribution in [-0.2, 0) is 9.59 Å². The van der Waals surface area contributed by atoms with E-state index in [4.69, 9.17) is 10.5 Å². The lowest BCUT2D eigenvalue weighted by atomic mass is 9.96. The van der Waals surface area contributed by atoms with Crippen LogP contribution >= 0.6 is 0 Å². The molecule has 1 aromatic rings. The number of ether oxygens (including phenoxy) is 1. The summed E-state index contributed by atoms with van der Waals surface area (Å²) < 4.78 is 18.5. The molecule has 0 aliphatic carbocycles. The highest BCUT2D eigenvalue weighted by atomic mass is 19.1. The molecule has 0 radical (unpaired) electrons. The maximum Gasteiger partial charge on any atom is 0.263 e. The number of carbonyl (C=O) groups excluding carboxylic acids is 2. The van der Waals surface area contributed by atoms with Gasteiger partial charge in [0.25, 0.3) is 5.91 Å². The van der Waals surface area contributed by atoms with Crippen LogP contribution in [0.5, 0.6) is 5.75 Å². The molecule has 21 heavy (non-hydrogen) atoms. The zero-order chi connectivity index (χ0) is 15.4. The zero-order valence-electron chi connectivity index (χ0n) is 11.9. The van der Waals surface area contributed by atoms with Gasteiger partial charge >= 0.3 is 0 Å². The number of hydrogen-bond acceptors (Lipinski definition) is 3. The van der Waals surface area contributed by atoms with E-state index in [9.17, 15) is 14.0 Å². The van der Waals surface area contributed by atoms with Crippen LogP contribution in [0.3, 0.4) is 0 Å².